The van der Waals surface area contributed by atoms with Gasteiger partial charge in [0.1, 0.15) is 10.6 Å². The Morgan fingerprint density at radius 2 is 2.18 bits per heavy atom. The number of ether oxygens (including phenoxy) is 1. The van der Waals surface area contributed by atoms with Crippen LogP contribution in [0.15, 0.2) is 11.0 Å². The summed E-state index contributed by atoms with van der Waals surface area (Å²) in [5.74, 6) is -0.667. The largest absolute Gasteiger partial charge is 0.461 e. The van der Waals surface area contributed by atoms with Crippen LogP contribution in [0.1, 0.15) is 23.1 Å². The Morgan fingerprint density at radius 1 is 1.59 bits per heavy atom. The van der Waals surface area contributed by atoms with Crippen LogP contribution in [0.5, 0.6) is 0 Å². The number of carbonyl (C=O) groups is 1. The van der Waals surface area contributed by atoms with E-state index in [4.69, 9.17) is 15.0 Å². The second-order valence-corrected chi connectivity index (χ2v) is 4.85. The van der Waals surface area contributed by atoms with Gasteiger partial charge in [0.05, 0.1) is 18.9 Å². The van der Waals surface area contributed by atoms with Crippen molar-refractivity contribution in [3.05, 3.63) is 17.5 Å². The van der Waals surface area contributed by atoms with Gasteiger partial charge in [-0.1, -0.05) is 0 Å². The highest BCUT2D eigenvalue weighted by atomic mass is 32.2. The van der Waals surface area contributed by atoms with Crippen molar-refractivity contribution in [3.63, 3.8) is 0 Å². The summed E-state index contributed by atoms with van der Waals surface area (Å²) < 4.78 is 28.5. The molecule has 0 radical (unpaired) electrons. The minimum Gasteiger partial charge on any atom is -0.461 e. The lowest BCUT2D eigenvalue weighted by molar-refractivity contribution is 0.0514. The van der Waals surface area contributed by atoms with E-state index in [-0.39, 0.29) is 22.9 Å². The number of aliphatic hydroxyl groups excluding tert-OH is 1. The van der Waals surface area contributed by atoms with Crippen LogP contribution >= 0.6 is 0 Å². The zero-order chi connectivity index (χ0) is 13.2. The molecule has 1 aromatic rings. The number of aliphatic hydroxyl groups is 1. The van der Waals surface area contributed by atoms with Crippen molar-refractivity contribution in [2.24, 2.45) is 12.2 Å². The predicted molar refractivity (Wildman–Crippen MR) is 58.7 cm³/mol. The van der Waals surface area contributed by atoms with Crippen molar-refractivity contribution in [2.75, 3.05) is 6.61 Å². The zero-order valence-corrected chi connectivity index (χ0v) is 10.3. The maximum absolute atomic E-state index is 11.5. The summed E-state index contributed by atoms with van der Waals surface area (Å²) in [4.78, 5) is 11.2. The molecule has 0 aliphatic carbocycles. The molecule has 0 unspecified atom stereocenters. The molecule has 0 saturated heterocycles. The lowest BCUT2D eigenvalue weighted by Crippen LogP contribution is -2.14. The topological polar surface area (TPSA) is 112 Å². The number of esters is 1. The van der Waals surface area contributed by atoms with E-state index in [1.165, 1.54) is 11.6 Å². The van der Waals surface area contributed by atoms with Gasteiger partial charge in [0.15, 0.2) is 0 Å². The third-order valence-electron chi connectivity index (χ3n) is 2.26. The number of nitrogens with two attached hydrogens (primary N) is 1. The van der Waals surface area contributed by atoms with Crippen LogP contribution in [0.4, 0.5) is 0 Å². The van der Waals surface area contributed by atoms with E-state index in [0.29, 0.717) is 0 Å². The summed E-state index contributed by atoms with van der Waals surface area (Å²) in [6.07, 6.45) is 0. The van der Waals surface area contributed by atoms with Crippen LogP contribution < -0.4 is 5.14 Å². The van der Waals surface area contributed by atoms with Crippen LogP contribution in [0.2, 0.25) is 0 Å². The Kier molecular flexibility index (Phi) is 3.91. The number of aromatic nitrogens is 1. The van der Waals surface area contributed by atoms with Gasteiger partial charge in [-0.2, -0.15) is 0 Å². The fraction of sp³-hybridized carbons (Fsp3) is 0.444. The average Bonchev–Trinajstić information content (AvgIpc) is 2.55. The lowest BCUT2D eigenvalue weighted by atomic mass is 10.4. The van der Waals surface area contributed by atoms with Crippen molar-refractivity contribution in [2.45, 2.75) is 18.4 Å². The molecule has 1 heterocycles. The summed E-state index contributed by atoms with van der Waals surface area (Å²) in [5.41, 5.74) is 0.0791. The first-order valence-corrected chi connectivity index (χ1v) is 6.37. The molecule has 0 fully saturated rings. The van der Waals surface area contributed by atoms with Gasteiger partial charge >= 0.3 is 5.97 Å². The van der Waals surface area contributed by atoms with E-state index in [0.717, 1.165) is 6.07 Å². The van der Waals surface area contributed by atoms with Gasteiger partial charge in [-0.05, 0) is 13.0 Å². The normalized spacial score (nSPS) is 11.5. The van der Waals surface area contributed by atoms with E-state index in [1.54, 1.807) is 6.92 Å². The third kappa shape index (κ3) is 2.65. The SMILES string of the molecule is CCOC(=O)c1cc(S(N)(=O)=O)c(CO)n1C. The van der Waals surface area contributed by atoms with Gasteiger partial charge < -0.3 is 14.4 Å². The van der Waals surface area contributed by atoms with Gasteiger partial charge in [-0.3, -0.25) is 0 Å². The van der Waals surface area contributed by atoms with Gasteiger partial charge in [0.2, 0.25) is 10.0 Å². The summed E-state index contributed by atoms with van der Waals surface area (Å²) in [7, 11) is -2.53. The fourth-order valence-corrected chi connectivity index (χ4v) is 2.25. The molecule has 0 aliphatic heterocycles. The number of primary sulfonamides is 1. The number of sulfonamides is 1. The van der Waals surface area contributed by atoms with Crippen LogP contribution in [0.3, 0.4) is 0 Å². The first kappa shape index (κ1) is 13.7. The highest BCUT2D eigenvalue weighted by Crippen LogP contribution is 2.19. The van der Waals surface area contributed by atoms with E-state index in [9.17, 15) is 13.2 Å². The fourth-order valence-electron chi connectivity index (χ4n) is 1.45. The molecule has 0 spiro atoms. The van der Waals surface area contributed by atoms with Crippen molar-refractivity contribution in [3.8, 4) is 0 Å². The van der Waals surface area contributed by atoms with Crippen molar-refractivity contribution < 1.29 is 23.1 Å². The predicted octanol–water partition coefficient (Wildman–Crippen LogP) is -0.659. The molecule has 0 bridgehead atoms. The zero-order valence-electron chi connectivity index (χ0n) is 9.50. The van der Waals surface area contributed by atoms with E-state index in [2.05, 4.69) is 0 Å². The van der Waals surface area contributed by atoms with Gasteiger partial charge in [0.25, 0.3) is 0 Å². The molecule has 3 N–H and O–H groups in total. The standard InChI is InChI=1S/C9H14N2O5S/c1-3-16-9(13)6-4-8(17(10,14)15)7(5-12)11(6)2/h4,12H,3,5H2,1-2H3,(H2,10,14,15). The maximum Gasteiger partial charge on any atom is 0.354 e. The Balaban J connectivity index is 3.38. The molecule has 0 amide bonds. The number of nitrogens with zero attached hydrogens (tertiary/aromatic N) is 1. The molecule has 8 heteroatoms. The molecule has 96 valence electrons. The van der Waals surface area contributed by atoms with Crippen LogP contribution in [-0.4, -0.2) is 30.7 Å². The Bertz CT molecular complexity index is 532. The maximum atomic E-state index is 11.5. The summed E-state index contributed by atoms with van der Waals surface area (Å²) in [6, 6.07) is 1.10. The molecule has 1 aromatic heterocycles. The molecule has 0 aromatic carbocycles. The number of carbonyl (C=O) groups excluding carboxylic acids is 1. The molecule has 0 saturated carbocycles. The third-order valence-corrected chi connectivity index (χ3v) is 3.23. The Labute approximate surface area is 98.8 Å². The van der Waals surface area contributed by atoms with Crippen molar-refractivity contribution in [1.29, 1.82) is 0 Å². The summed E-state index contributed by atoms with van der Waals surface area (Å²) >= 11 is 0. The van der Waals surface area contributed by atoms with E-state index in [1.807, 2.05) is 0 Å². The van der Waals surface area contributed by atoms with Crippen molar-refractivity contribution >= 4 is 16.0 Å². The average molecular weight is 262 g/mol. The van der Waals surface area contributed by atoms with Gasteiger partial charge in [0, 0.05) is 7.05 Å². The molecule has 7 nitrogen and oxygen atoms in total. The molecule has 0 aliphatic rings. The van der Waals surface area contributed by atoms with E-state index < -0.39 is 22.6 Å². The molecule has 0 atom stereocenters. The van der Waals surface area contributed by atoms with Gasteiger partial charge in [-0.25, -0.2) is 18.4 Å². The Morgan fingerprint density at radius 3 is 2.53 bits per heavy atom. The number of rotatable bonds is 4. The van der Waals surface area contributed by atoms with Gasteiger partial charge in [-0.15, -0.1) is 0 Å². The first-order chi connectivity index (χ1) is 7.82. The highest BCUT2D eigenvalue weighted by molar-refractivity contribution is 7.89. The minimum absolute atomic E-state index is 0.0277. The molecule has 1 rings (SSSR count). The Hall–Kier alpha value is -1.38. The highest BCUT2D eigenvalue weighted by Gasteiger charge is 2.23. The second-order valence-electron chi connectivity index (χ2n) is 3.32. The monoisotopic (exact) mass is 262 g/mol. The van der Waals surface area contributed by atoms with Crippen LogP contribution in [0, 0.1) is 0 Å². The quantitative estimate of drug-likeness (QED) is 0.700. The smallest absolute Gasteiger partial charge is 0.354 e. The summed E-state index contributed by atoms with van der Waals surface area (Å²) in [5, 5.41) is 14.1. The summed E-state index contributed by atoms with van der Waals surface area (Å²) in [6.45, 7) is 1.26. The molecular weight excluding hydrogens is 248 g/mol. The van der Waals surface area contributed by atoms with E-state index >= 15 is 0 Å². The van der Waals surface area contributed by atoms with Crippen molar-refractivity contribution in [1.82, 2.24) is 4.57 Å². The van der Waals surface area contributed by atoms with Crippen LogP contribution in [0.25, 0.3) is 0 Å². The number of hydrogen-bond acceptors (Lipinski definition) is 5. The molecule has 17 heavy (non-hydrogen) atoms. The molecular formula is C9H14N2O5S. The lowest BCUT2D eigenvalue weighted by Gasteiger charge is -2.05. The van der Waals surface area contributed by atoms with Crippen LogP contribution in [-0.2, 0) is 28.4 Å². The number of hydrogen-bond donors (Lipinski definition) is 2. The first-order valence-electron chi connectivity index (χ1n) is 4.82. The second kappa shape index (κ2) is 4.86. The minimum atomic E-state index is -3.98.